The van der Waals surface area contributed by atoms with Gasteiger partial charge in [-0.15, -0.1) is 0 Å². The lowest BCUT2D eigenvalue weighted by atomic mass is 9.85. The number of carbonyl (C=O) groups is 2. The molecular formula is C20H16N2O4. The van der Waals surface area contributed by atoms with Crippen molar-refractivity contribution in [1.82, 2.24) is 5.01 Å². The molecule has 1 saturated heterocycles. The van der Waals surface area contributed by atoms with Crippen molar-refractivity contribution in [3.05, 3.63) is 58.0 Å². The van der Waals surface area contributed by atoms with Crippen LogP contribution in [0.2, 0.25) is 0 Å². The largest absolute Gasteiger partial charge is 0.463 e. The normalized spacial score (nSPS) is 29.5. The van der Waals surface area contributed by atoms with Crippen molar-refractivity contribution in [3.63, 3.8) is 0 Å². The standard InChI is InChI=1S/C20H16N2O4/c1-10-2-5-15-14(6-10)18(23)13(9-26-15)8-21-22-19(24)16-11-3-4-12(7-11)17(16)20(22)25/h2-6,8-9,11-12,16-17H,7H2,1H3/b21-8-/t11-,12-,16-,17+/m0/s1. The van der Waals surface area contributed by atoms with Gasteiger partial charge in [-0.1, -0.05) is 23.8 Å². The van der Waals surface area contributed by atoms with Gasteiger partial charge in [0, 0.05) is 0 Å². The highest BCUT2D eigenvalue weighted by Gasteiger charge is 2.59. The van der Waals surface area contributed by atoms with E-state index in [1.54, 1.807) is 12.1 Å². The van der Waals surface area contributed by atoms with Gasteiger partial charge in [0.15, 0.2) is 0 Å². The molecule has 2 fully saturated rings. The van der Waals surface area contributed by atoms with Crippen LogP contribution in [0.15, 0.2) is 50.9 Å². The number of nitrogens with zero attached hydrogens (tertiary/aromatic N) is 2. The van der Waals surface area contributed by atoms with Crippen molar-refractivity contribution in [2.45, 2.75) is 13.3 Å². The van der Waals surface area contributed by atoms with Crippen molar-refractivity contribution in [2.75, 3.05) is 0 Å². The second kappa shape index (κ2) is 5.24. The molecule has 2 amide bonds. The number of benzene rings is 1. The summed E-state index contributed by atoms with van der Waals surface area (Å²) in [5.41, 5.74) is 1.41. The van der Waals surface area contributed by atoms with Crippen LogP contribution >= 0.6 is 0 Å². The molecule has 3 aliphatic rings. The first-order valence-corrected chi connectivity index (χ1v) is 8.67. The lowest BCUT2D eigenvalue weighted by Gasteiger charge is -2.13. The summed E-state index contributed by atoms with van der Waals surface area (Å²) in [4.78, 5) is 37.8. The van der Waals surface area contributed by atoms with Crippen molar-refractivity contribution in [1.29, 1.82) is 0 Å². The summed E-state index contributed by atoms with van der Waals surface area (Å²) in [7, 11) is 0. The number of imide groups is 1. The monoisotopic (exact) mass is 348 g/mol. The Morgan fingerprint density at radius 1 is 1.12 bits per heavy atom. The van der Waals surface area contributed by atoms with E-state index in [1.165, 1.54) is 12.5 Å². The van der Waals surface area contributed by atoms with Crippen LogP contribution < -0.4 is 5.43 Å². The Hall–Kier alpha value is -3.02. The molecular weight excluding hydrogens is 332 g/mol. The Balaban J connectivity index is 1.49. The molecule has 2 aromatic rings. The molecule has 1 aromatic carbocycles. The molecule has 6 heteroatoms. The number of aryl methyl sites for hydroxylation is 1. The molecule has 1 aliphatic heterocycles. The Morgan fingerprint density at radius 3 is 2.50 bits per heavy atom. The molecule has 0 spiro atoms. The van der Waals surface area contributed by atoms with Crippen molar-refractivity contribution >= 4 is 29.0 Å². The van der Waals surface area contributed by atoms with Crippen LogP contribution in [-0.2, 0) is 9.59 Å². The van der Waals surface area contributed by atoms with Crippen LogP contribution in [0.3, 0.4) is 0 Å². The summed E-state index contributed by atoms with van der Waals surface area (Å²) in [6, 6.07) is 5.35. The number of amides is 2. The summed E-state index contributed by atoms with van der Waals surface area (Å²) >= 11 is 0. The number of hydrazone groups is 1. The van der Waals surface area contributed by atoms with Gasteiger partial charge in [-0.05, 0) is 37.3 Å². The average molecular weight is 348 g/mol. The number of allylic oxidation sites excluding steroid dienone is 2. The molecule has 0 N–H and O–H groups in total. The van der Waals surface area contributed by atoms with Crippen LogP contribution in [0.1, 0.15) is 17.5 Å². The minimum Gasteiger partial charge on any atom is -0.463 e. The summed E-state index contributed by atoms with van der Waals surface area (Å²) in [5, 5.41) is 5.43. The van der Waals surface area contributed by atoms with Gasteiger partial charge in [-0.2, -0.15) is 10.1 Å². The van der Waals surface area contributed by atoms with Crippen LogP contribution in [0.4, 0.5) is 0 Å². The van der Waals surface area contributed by atoms with E-state index in [9.17, 15) is 14.4 Å². The van der Waals surface area contributed by atoms with E-state index in [-0.39, 0.29) is 46.5 Å². The summed E-state index contributed by atoms with van der Waals surface area (Å²) in [5.74, 6) is -0.871. The third kappa shape index (κ3) is 1.98. The lowest BCUT2D eigenvalue weighted by molar-refractivity contribution is -0.140. The molecule has 2 aliphatic carbocycles. The van der Waals surface area contributed by atoms with Gasteiger partial charge < -0.3 is 4.42 Å². The summed E-state index contributed by atoms with van der Waals surface area (Å²) in [6.07, 6.45) is 7.49. The Labute approximate surface area is 148 Å². The molecule has 6 nitrogen and oxygen atoms in total. The van der Waals surface area contributed by atoms with E-state index in [4.69, 9.17) is 4.42 Å². The topological polar surface area (TPSA) is 80.0 Å². The fraction of sp³-hybridized carbons (Fsp3) is 0.300. The summed E-state index contributed by atoms with van der Waals surface area (Å²) < 4.78 is 5.48. The summed E-state index contributed by atoms with van der Waals surface area (Å²) in [6.45, 7) is 1.89. The predicted molar refractivity (Wildman–Crippen MR) is 94.4 cm³/mol. The predicted octanol–water partition coefficient (Wildman–Crippen LogP) is 2.24. The highest BCUT2D eigenvalue weighted by Crippen LogP contribution is 2.52. The first kappa shape index (κ1) is 15.3. The quantitative estimate of drug-likeness (QED) is 0.474. The zero-order valence-electron chi connectivity index (χ0n) is 14.1. The van der Waals surface area contributed by atoms with E-state index in [0.717, 1.165) is 17.0 Å². The Kier molecular flexibility index (Phi) is 3.07. The molecule has 130 valence electrons. The molecule has 0 radical (unpaired) electrons. The average Bonchev–Trinajstić information content (AvgIpc) is 3.30. The lowest BCUT2D eigenvalue weighted by Crippen LogP contribution is -2.28. The Morgan fingerprint density at radius 2 is 1.81 bits per heavy atom. The highest BCUT2D eigenvalue weighted by molar-refractivity contribution is 6.06. The van der Waals surface area contributed by atoms with E-state index >= 15 is 0 Å². The number of hydrogen-bond acceptors (Lipinski definition) is 5. The van der Waals surface area contributed by atoms with E-state index in [1.807, 2.05) is 25.1 Å². The van der Waals surface area contributed by atoms with Crippen LogP contribution in [0, 0.1) is 30.6 Å². The molecule has 1 saturated carbocycles. The second-order valence-electron chi connectivity index (χ2n) is 7.25. The SMILES string of the molecule is Cc1ccc2occ(/C=N\N3C(=O)[C@@H]4[C@H](C3=O)[C@H]3C=C[C@H]4C3)c(=O)c2c1. The van der Waals surface area contributed by atoms with Crippen LogP contribution in [0.25, 0.3) is 11.0 Å². The minimum atomic E-state index is -0.301. The maximum atomic E-state index is 12.6. The van der Waals surface area contributed by atoms with E-state index in [0.29, 0.717) is 11.0 Å². The third-order valence-electron chi connectivity index (χ3n) is 5.71. The molecule has 1 aromatic heterocycles. The molecule has 0 unspecified atom stereocenters. The van der Waals surface area contributed by atoms with Gasteiger partial charge >= 0.3 is 0 Å². The fourth-order valence-corrected chi connectivity index (χ4v) is 4.47. The molecule has 4 atom stereocenters. The smallest absolute Gasteiger partial charge is 0.254 e. The number of rotatable bonds is 2. The first-order chi connectivity index (χ1) is 12.5. The molecule has 5 rings (SSSR count). The van der Waals surface area contributed by atoms with Gasteiger partial charge in [0.2, 0.25) is 5.43 Å². The highest BCUT2D eigenvalue weighted by atomic mass is 16.3. The van der Waals surface area contributed by atoms with Gasteiger partial charge in [0.1, 0.15) is 11.8 Å². The van der Waals surface area contributed by atoms with Gasteiger partial charge in [0.25, 0.3) is 11.8 Å². The zero-order chi connectivity index (χ0) is 18.0. The number of hydrogen-bond donors (Lipinski definition) is 0. The molecule has 2 heterocycles. The Bertz CT molecular complexity index is 1050. The van der Waals surface area contributed by atoms with Crippen molar-refractivity contribution in [2.24, 2.45) is 28.8 Å². The second-order valence-corrected chi connectivity index (χ2v) is 7.25. The van der Waals surface area contributed by atoms with E-state index < -0.39 is 0 Å². The van der Waals surface area contributed by atoms with Crippen molar-refractivity contribution in [3.8, 4) is 0 Å². The fourth-order valence-electron chi connectivity index (χ4n) is 4.47. The van der Waals surface area contributed by atoms with Crippen molar-refractivity contribution < 1.29 is 14.0 Å². The first-order valence-electron chi connectivity index (χ1n) is 8.67. The maximum Gasteiger partial charge on any atom is 0.254 e. The number of carbonyl (C=O) groups excluding carboxylic acids is 2. The van der Waals surface area contributed by atoms with Crippen LogP contribution in [0.5, 0.6) is 0 Å². The third-order valence-corrected chi connectivity index (χ3v) is 5.71. The van der Waals surface area contributed by atoms with Crippen LogP contribution in [-0.4, -0.2) is 23.0 Å². The number of fused-ring (bicyclic) bond motifs is 6. The van der Waals surface area contributed by atoms with E-state index in [2.05, 4.69) is 5.10 Å². The molecule has 26 heavy (non-hydrogen) atoms. The maximum absolute atomic E-state index is 12.6. The minimum absolute atomic E-state index is 0.135. The molecule has 2 bridgehead atoms. The van der Waals surface area contributed by atoms with Gasteiger partial charge in [-0.25, -0.2) is 0 Å². The zero-order valence-corrected chi connectivity index (χ0v) is 14.1. The van der Waals surface area contributed by atoms with Gasteiger partial charge in [-0.3, -0.25) is 14.4 Å². The van der Waals surface area contributed by atoms with Gasteiger partial charge in [0.05, 0.1) is 29.0 Å².